The Balaban J connectivity index is 2.01. The summed E-state index contributed by atoms with van der Waals surface area (Å²) in [5.74, 6) is -0.229. The van der Waals surface area contributed by atoms with Crippen molar-refractivity contribution in [2.45, 2.75) is 0 Å². The van der Waals surface area contributed by atoms with Gasteiger partial charge in [-0.1, -0.05) is 34.1 Å². The van der Waals surface area contributed by atoms with Crippen molar-refractivity contribution in [2.75, 3.05) is 5.32 Å². The number of hydrogen-bond acceptors (Lipinski definition) is 2. The van der Waals surface area contributed by atoms with Gasteiger partial charge in [-0.3, -0.25) is 10.1 Å². The number of thiocarbonyl (C=S) groups is 1. The van der Waals surface area contributed by atoms with Crippen LogP contribution in [0.3, 0.4) is 0 Å². The minimum Gasteiger partial charge on any atom is -0.332 e. The van der Waals surface area contributed by atoms with Crippen LogP contribution in [0.4, 0.5) is 5.69 Å². The van der Waals surface area contributed by atoms with Crippen LogP contribution in [0.5, 0.6) is 0 Å². The third kappa shape index (κ3) is 4.53. The Bertz CT molecular complexity index is 629. The van der Waals surface area contributed by atoms with E-state index in [0.29, 0.717) is 5.56 Å². The molecule has 0 radical (unpaired) electrons. The number of amides is 1. The average molecular weight is 461 g/mol. The van der Waals surface area contributed by atoms with Crippen LogP contribution >= 0.6 is 50.7 Å². The van der Waals surface area contributed by atoms with Gasteiger partial charge in [-0.15, -0.1) is 0 Å². The second kappa shape index (κ2) is 7.14. The molecule has 0 aliphatic rings. The number of hydrogen-bond donors (Lipinski definition) is 2. The maximum absolute atomic E-state index is 11.9. The zero-order chi connectivity index (χ0) is 14.5. The first-order valence-corrected chi connectivity index (χ1v) is 7.96. The summed E-state index contributed by atoms with van der Waals surface area (Å²) in [4.78, 5) is 11.9. The number of carbonyl (C=O) groups excluding carboxylic acids is 1. The molecule has 0 saturated heterocycles. The van der Waals surface area contributed by atoms with Gasteiger partial charge in [-0.05, 0) is 65.1 Å². The van der Waals surface area contributed by atoms with E-state index in [9.17, 15) is 4.79 Å². The Morgan fingerprint density at radius 3 is 2.50 bits per heavy atom. The van der Waals surface area contributed by atoms with Crippen molar-refractivity contribution in [1.82, 2.24) is 5.32 Å². The van der Waals surface area contributed by atoms with Crippen molar-refractivity contribution in [2.24, 2.45) is 0 Å². The van der Waals surface area contributed by atoms with E-state index in [1.54, 1.807) is 12.1 Å². The number of benzene rings is 2. The molecule has 2 N–H and O–H groups in total. The van der Waals surface area contributed by atoms with Gasteiger partial charge in [0.1, 0.15) is 0 Å². The maximum atomic E-state index is 11.9. The summed E-state index contributed by atoms with van der Waals surface area (Å²) in [7, 11) is 0. The lowest BCUT2D eigenvalue weighted by Gasteiger charge is -2.10. The van der Waals surface area contributed by atoms with Gasteiger partial charge in [0, 0.05) is 19.3 Å². The molecule has 102 valence electrons. The lowest BCUT2D eigenvalue weighted by atomic mass is 10.2. The lowest BCUT2D eigenvalue weighted by molar-refractivity contribution is 0.0978. The van der Waals surface area contributed by atoms with Crippen LogP contribution in [0.25, 0.3) is 0 Å². The van der Waals surface area contributed by atoms with Gasteiger partial charge in [0.25, 0.3) is 5.91 Å². The van der Waals surface area contributed by atoms with Crippen molar-refractivity contribution >= 4 is 67.4 Å². The fourth-order valence-corrected chi connectivity index (χ4v) is 3.36. The third-order valence-corrected chi connectivity index (χ3v) is 3.67. The number of anilines is 1. The van der Waals surface area contributed by atoms with Gasteiger partial charge in [0.2, 0.25) is 0 Å². The topological polar surface area (TPSA) is 41.1 Å². The van der Waals surface area contributed by atoms with Gasteiger partial charge < -0.3 is 5.32 Å². The maximum Gasteiger partial charge on any atom is 0.257 e. The molecule has 0 aromatic heterocycles. The molecule has 0 spiro atoms. The number of carbonyl (C=O) groups is 1. The van der Waals surface area contributed by atoms with Crippen LogP contribution in [0.1, 0.15) is 10.4 Å². The molecule has 2 aromatic carbocycles. The molecular formula is C14H10BrIN2OS. The summed E-state index contributed by atoms with van der Waals surface area (Å²) in [6.07, 6.45) is 0. The molecule has 0 aliphatic heterocycles. The van der Waals surface area contributed by atoms with E-state index < -0.39 is 0 Å². The second-order valence-corrected chi connectivity index (χ2v) is 6.50. The zero-order valence-corrected chi connectivity index (χ0v) is 14.8. The molecular weight excluding hydrogens is 451 g/mol. The Morgan fingerprint density at radius 2 is 1.85 bits per heavy atom. The fraction of sp³-hybridized carbons (Fsp3) is 0. The number of nitrogens with one attached hydrogen (secondary N) is 2. The van der Waals surface area contributed by atoms with E-state index in [1.165, 1.54) is 0 Å². The summed E-state index contributed by atoms with van der Waals surface area (Å²) in [5, 5.41) is 5.91. The molecule has 0 bridgehead atoms. The molecule has 3 nitrogen and oxygen atoms in total. The molecule has 0 unspecified atom stereocenters. The molecule has 0 heterocycles. The molecule has 6 heteroatoms. The van der Waals surface area contributed by atoms with Crippen LogP contribution in [-0.4, -0.2) is 11.0 Å². The zero-order valence-electron chi connectivity index (χ0n) is 10.2. The van der Waals surface area contributed by atoms with Gasteiger partial charge in [-0.2, -0.15) is 0 Å². The molecule has 0 fully saturated rings. The summed E-state index contributed by atoms with van der Waals surface area (Å²) in [5.41, 5.74) is 1.39. The minimum atomic E-state index is -0.229. The third-order valence-electron chi connectivity index (χ3n) is 2.38. The predicted molar refractivity (Wildman–Crippen MR) is 97.0 cm³/mol. The van der Waals surface area contributed by atoms with E-state index in [0.717, 1.165) is 13.7 Å². The molecule has 20 heavy (non-hydrogen) atoms. The molecule has 0 saturated carbocycles. The first kappa shape index (κ1) is 15.4. The summed E-state index contributed by atoms with van der Waals surface area (Å²) < 4.78 is 2.01. The van der Waals surface area contributed by atoms with Crippen molar-refractivity contribution in [3.05, 3.63) is 62.1 Å². The molecule has 1 amide bonds. The molecule has 2 rings (SSSR count). The summed E-state index contributed by atoms with van der Waals surface area (Å²) in [6.45, 7) is 0. The summed E-state index contributed by atoms with van der Waals surface area (Å²) in [6, 6.07) is 14.8. The highest BCUT2D eigenvalue weighted by Crippen LogP contribution is 2.20. The van der Waals surface area contributed by atoms with E-state index in [1.807, 2.05) is 36.4 Å². The first-order valence-electron chi connectivity index (χ1n) is 5.68. The van der Waals surface area contributed by atoms with E-state index in [4.69, 9.17) is 12.2 Å². The Hall–Kier alpha value is -0.990. The Morgan fingerprint density at radius 1 is 1.15 bits per heavy atom. The molecule has 0 aliphatic carbocycles. The minimum absolute atomic E-state index is 0.229. The second-order valence-electron chi connectivity index (χ2n) is 3.93. The molecule has 0 atom stereocenters. The van der Waals surface area contributed by atoms with Crippen LogP contribution in [0.15, 0.2) is 53.0 Å². The van der Waals surface area contributed by atoms with E-state index >= 15 is 0 Å². The van der Waals surface area contributed by atoms with Crippen LogP contribution in [-0.2, 0) is 0 Å². The van der Waals surface area contributed by atoms with Crippen molar-refractivity contribution in [1.29, 1.82) is 0 Å². The van der Waals surface area contributed by atoms with Gasteiger partial charge in [-0.25, -0.2) is 0 Å². The highest BCUT2D eigenvalue weighted by molar-refractivity contribution is 14.1. The first-order chi connectivity index (χ1) is 9.54. The normalized spacial score (nSPS) is 9.90. The van der Waals surface area contributed by atoms with Gasteiger partial charge in [0.15, 0.2) is 5.11 Å². The van der Waals surface area contributed by atoms with Crippen molar-refractivity contribution < 1.29 is 4.79 Å². The standard InChI is InChI=1S/C14H10BrIN2OS/c15-10-6-11(16)8-12(7-10)17-14(20)18-13(19)9-4-2-1-3-5-9/h1-8H,(H2,17,18,19,20). The highest BCUT2D eigenvalue weighted by atomic mass is 127. The highest BCUT2D eigenvalue weighted by Gasteiger charge is 2.07. The van der Waals surface area contributed by atoms with Crippen LogP contribution < -0.4 is 10.6 Å². The van der Waals surface area contributed by atoms with Crippen molar-refractivity contribution in [3.8, 4) is 0 Å². The lowest BCUT2D eigenvalue weighted by Crippen LogP contribution is -2.34. The predicted octanol–water partition coefficient (Wildman–Crippen LogP) is 4.18. The largest absolute Gasteiger partial charge is 0.332 e. The quantitative estimate of drug-likeness (QED) is 0.521. The van der Waals surface area contributed by atoms with Crippen LogP contribution in [0, 0.1) is 3.57 Å². The number of rotatable bonds is 2. The molecule has 2 aromatic rings. The smallest absolute Gasteiger partial charge is 0.257 e. The Labute approximate surface area is 144 Å². The van der Waals surface area contributed by atoms with Crippen LogP contribution in [0.2, 0.25) is 0 Å². The summed E-state index contributed by atoms with van der Waals surface area (Å²) >= 11 is 10.8. The van der Waals surface area contributed by atoms with Crippen molar-refractivity contribution in [3.63, 3.8) is 0 Å². The average Bonchev–Trinajstić information content (AvgIpc) is 2.38. The van der Waals surface area contributed by atoms with Gasteiger partial charge >= 0.3 is 0 Å². The van der Waals surface area contributed by atoms with E-state index in [2.05, 4.69) is 49.2 Å². The van der Waals surface area contributed by atoms with E-state index in [-0.39, 0.29) is 11.0 Å². The fourth-order valence-electron chi connectivity index (χ4n) is 1.55. The SMILES string of the molecule is O=C(NC(=S)Nc1cc(Br)cc(I)c1)c1ccccc1. The number of halogens is 2. The Kier molecular flexibility index (Phi) is 5.50. The van der Waals surface area contributed by atoms with Gasteiger partial charge in [0.05, 0.1) is 0 Å². The monoisotopic (exact) mass is 460 g/mol.